The fourth-order valence-electron chi connectivity index (χ4n) is 2.78. The summed E-state index contributed by atoms with van der Waals surface area (Å²) in [5, 5.41) is 10.6. The lowest BCUT2D eigenvalue weighted by Crippen LogP contribution is -2.40. The Kier molecular flexibility index (Phi) is 6.63. The first-order chi connectivity index (χ1) is 14.7. The van der Waals surface area contributed by atoms with Crippen LogP contribution in [0, 0.1) is 0 Å². The second-order valence-electron chi connectivity index (χ2n) is 7.16. The van der Waals surface area contributed by atoms with Crippen LogP contribution < -0.4 is 22.2 Å². The molecule has 0 saturated heterocycles. The zero-order chi connectivity index (χ0) is 22.6. The summed E-state index contributed by atoms with van der Waals surface area (Å²) < 4.78 is 38.0. The number of aromatic nitrogens is 3. The summed E-state index contributed by atoms with van der Waals surface area (Å²) in [7, 11) is 0. The topological polar surface area (TPSA) is 144 Å². The van der Waals surface area contributed by atoms with Crippen LogP contribution in [0.4, 0.5) is 13.2 Å². The van der Waals surface area contributed by atoms with E-state index in [0.29, 0.717) is 16.9 Å². The Morgan fingerprint density at radius 1 is 1.29 bits per heavy atom. The van der Waals surface area contributed by atoms with Gasteiger partial charge in [-0.05, 0) is 24.5 Å². The first-order valence-corrected chi connectivity index (χ1v) is 9.57. The van der Waals surface area contributed by atoms with E-state index in [4.69, 9.17) is 11.6 Å². The molecule has 1 saturated carbocycles. The lowest BCUT2D eigenvalue weighted by Gasteiger charge is -2.20. The molecule has 1 fully saturated rings. The lowest BCUT2D eigenvalue weighted by atomic mass is 10.2. The number of amides is 2. The van der Waals surface area contributed by atoms with Crippen LogP contribution in [0.3, 0.4) is 0 Å². The van der Waals surface area contributed by atoms with Gasteiger partial charge in [-0.3, -0.25) is 9.59 Å². The molecule has 0 unspecified atom stereocenters. The van der Waals surface area contributed by atoms with Crippen molar-refractivity contribution in [3.05, 3.63) is 41.6 Å². The summed E-state index contributed by atoms with van der Waals surface area (Å²) in [5.41, 5.74) is 7.25. The van der Waals surface area contributed by atoms with Gasteiger partial charge in [0.15, 0.2) is 5.65 Å². The van der Waals surface area contributed by atoms with E-state index in [1.54, 1.807) is 12.3 Å². The van der Waals surface area contributed by atoms with E-state index in [0.717, 1.165) is 19.0 Å². The number of carbonyl (C=O) groups is 2. The van der Waals surface area contributed by atoms with Gasteiger partial charge < -0.3 is 21.4 Å². The summed E-state index contributed by atoms with van der Waals surface area (Å²) in [6.07, 6.45) is -0.114. The molecule has 2 aromatic rings. The predicted molar refractivity (Wildman–Crippen MR) is 103 cm³/mol. The van der Waals surface area contributed by atoms with Gasteiger partial charge in [-0.1, -0.05) is 0 Å². The van der Waals surface area contributed by atoms with Gasteiger partial charge >= 0.3 is 6.18 Å². The van der Waals surface area contributed by atoms with Crippen molar-refractivity contribution >= 4 is 17.5 Å². The third-order valence-corrected chi connectivity index (χ3v) is 4.59. The van der Waals surface area contributed by atoms with Crippen molar-refractivity contribution in [3.8, 4) is 0 Å². The van der Waals surface area contributed by atoms with Crippen molar-refractivity contribution in [2.24, 2.45) is 11.6 Å². The minimum atomic E-state index is -4.37. The normalized spacial score (nSPS) is 14.5. The molecule has 10 nitrogen and oxygen atoms in total. The Balaban J connectivity index is 1.54. The van der Waals surface area contributed by atoms with Gasteiger partial charge in [-0.15, -0.1) is 0 Å². The molecule has 2 aromatic heterocycles. The van der Waals surface area contributed by atoms with Gasteiger partial charge in [-0.25, -0.2) is 15.3 Å². The van der Waals surface area contributed by atoms with Crippen molar-refractivity contribution in [3.63, 3.8) is 0 Å². The number of fused-ring (bicyclic) bond motifs is 1. The third-order valence-electron chi connectivity index (χ3n) is 4.59. The molecule has 0 aliphatic heterocycles. The molecular formula is C18H23F3N8O2. The summed E-state index contributed by atoms with van der Waals surface area (Å²) in [6, 6.07) is 1.76. The van der Waals surface area contributed by atoms with Gasteiger partial charge in [0.1, 0.15) is 5.70 Å². The molecular weight excluding hydrogens is 417 g/mol. The Hall–Kier alpha value is -3.35. The lowest BCUT2D eigenvalue weighted by molar-refractivity contribution is -0.144. The Labute approximate surface area is 175 Å². The van der Waals surface area contributed by atoms with Gasteiger partial charge in [0.05, 0.1) is 31.1 Å². The van der Waals surface area contributed by atoms with Crippen molar-refractivity contribution in [1.29, 1.82) is 0 Å². The van der Waals surface area contributed by atoms with Crippen LogP contribution in [0.15, 0.2) is 30.4 Å². The maximum absolute atomic E-state index is 12.3. The Morgan fingerprint density at radius 2 is 2.03 bits per heavy atom. The van der Waals surface area contributed by atoms with Gasteiger partial charge in [-0.2, -0.15) is 18.3 Å². The Bertz CT molecular complexity index is 984. The largest absolute Gasteiger partial charge is 0.403 e. The first-order valence-electron chi connectivity index (χ1n) is 9.57. The van der Waals surface area contributed by atoms with Crippen molar-refractivity contribution in [2.45, 2.75) is 51.0 Å². The Morgan fingerprint density at radius 3 is 2.68 bits per heavy atom. The monoisotopic (exact) mass is 440 g/mol. The van der Waals surface area contributed by atoms with Crippen molar-refractivity contribution < 1.29 is 22.8 Å². The number of hydrazine groups is 1. The average molecular weight is 440 g/mol. The fourth-order valence-corrected chi connectivity index (χ4v) is 2.78. The third kappa shape index (κ3) is 6.31. The van der Waals surface area contributed by atoms with Crippen LogP contribution in [0.5, 0.6) is 0 Å². The molecule has 6 N–H and O–H groups in total. The number of rotatable bonds is 9. The molecule has 0 bridgehead atoms. The number of alkyl halides is 3. The molecule has 13 heteroatoms. The summed E-state index contributed by atoms with van der Waals surface area (Å²) in [6.45, 7) is 0.138. The SMILES string of the molecule is N/C=C(/C(=O)NCc1cn2ncc(CNC(=O)CCC(F)(F)F)cc2n1)N(N)C1CC1. The number of nitrogens with one attached hydrogen (secondary N) is 2. The molecule has 168 valence electrons. The zero-order valence-corrected chi connectivity index (χ0v) is 16.5. The van der Waals surface area contributed by atoms with E-state index < -0.39 is 30.8 Å². The maximum atomic E-state index is 12.3. The summed E-state index contributed by atoms with van der Waals surface area (Å²) in [5.74, 6) is 4.75. The molecule has 0 aromatic carbocycles. The smallest absolute Gasteiger partial charge is 0.389 e. The number of imidazole rings is 1. The molecule has 2 heterocycles. The van der Waals surface area contributed by atoms with Crippen LogP contribution in [0.25, 0.3) is 5.65 Å². The maximum Gasteiger partial charge on any atom is 0.389 e. The summed E-state index contributed by atoms with van der Waals surface area (Å²) in [4.78, 5) is 28.2. The molecule has 3 rings (SSSR count). The van der Waals surface area contributed by atoms with Crippen LogP contribution in [0.1, 0.15) is 36.9 Å². The number of halogens is 3. The number of nitrogens with two attached hydrogens (primary N) is 2. The van der Waals surface area contributed by atoms with Crippen LogP contribution >= 0.6 is 0 Å². The van der Waals surface area contributed by atoms with E-state index in [9.17, 15) is 22.8 Å². The molecule has 0 atom stereocenters. The minimum absolute atomic E-state index is 0.0251. The van der Waals surface area contributed by atoms with Crippen molar-refractivity contribution in [2.75, 3.05) is 0 Å². The van der Waals surface area contributed by atoms with Gasteiger partial charge in [0.2, 0.25) is 5.91 Å². The van der Waals surface area contributed by atoms with E-state index >= 15 is 0 Å². The second-order valence-corrected chi connectivity index (χ2v) is 7.16. The molecule has 31 heavy (non-hydrogen) atoms. The summed E-state index contributed by atoms with van der Waals surface area (Å²) >= 11 is 0. The van der Waals surface area contributed by atoms with E-state index in [1.165, 1.54) is 15.7 Å². The predicted octanol–water partition coefficient (Wildman–Crippen LogP) is 0.442. The molecule has 2 amide bonds. The highest BCUT2D eigenvalue weighted by molar-refractivity contribution is 5.92. The van der Waals surface area contributed by atoms with Crippen LogP contribution in [-0.2, 0) is 22.7 Å². The quantitative estimate of drug-likeness (QED) is 0.252. The standard InChI is InChI=1S/C18H23F3N8O2/c19-18(20,21)4-3-16(30)24-7-11-5-15-27-12(10-28(15)26-8-11)9-25-17(31)14(6-22)29(23)13-1-2-13/h5-6,8,10,13H,1-4,7,9,22-23H2,(H,24,30)(H,25,31)/b14-6-. The number of nitrogens with zero attached hydrogens (tertiary/aromatic N) is 4. The average Bonchev–Trinajstić information content (AvgIpc) is 3.48. The zero-order valence-electron chi connectivity index (χ0n) is 16.5. The van der Waals surface area contributed by atoms with Crippen LogP contribution in [-0.4, -0.2) is 43.6 Å². The van der Waals surface area contributed by atoms with Crippen LogP contribution in [0.2, 0.25) is 0 Å². The highest BCUT2D eigenvalue weighted by atomic mass is 19.4. The molecule has 0 radical (unpaired) electrons. The van der Waals surface area contributed by atoms with E-state index in [2.05, 4.69) is 20.7 Å². The highest BCUT2D eigenvalue weighted by Crippen LogP contribution is 2.26. The first kappa shape index (κ1) is 22.3. The number of hydrogen-bond donors (Lipinski definition) is 4. The minimum Gasteiger partial charge on any atom is -0.403 e. The molecule has 1 aliphatic rings. The molecule has 1 aliphatic carbocycles. The van der Waals surface area contributed by atoms with Crippen molar-refractivity contribution in [1.82, 2.24) is 30.2 Å². The number of hydrogen-bond acceptors (Lipinski definition) is 7. The molecule has 0 spiro atoms. The second kappa shape index (κ2) is 9.20. The van der Waals surface area contributed by atoms with Gasteiger partial charge in [0.25, 0.3) is 5.91 Å². The highest BCUT2D eigenvalue weighted by Gasteiger charge is 2.31. The van der Waals surface area contributed by atoms with Gasteiger partial charge in [0, 0.05) is 25.2 Å². The fraction of sp³-hybridized carbons (Fsp3) is 0.444. The number of carbonyl (C=O) groups excluding carboxylic acids is 2. The van der Waals surface area contributed by atoms with E-state index in [-0.39, 0.29) is 24.8 Å². The van der Waals surface area contributed by atoms with E-state index in [1.807, 2.05) is 0 Å².